The molecule has 0 aliphatic heterocycles. The van der Waals surface area contributed by atoms with E-state index in [-0.39, 0.29) is 0 Å². The molecule has 1 aliphatic rings. The Kier molecular flexibility index (Phi) is 3.62. The molecule has 0 radical (unpaired) electrons. The molecule has 1 saturated carbocycles. The molecular weight excluding hydrogens is 206 g/mol. The Labute approximate surface area is 94.8 Å². The van der Waals surface area contributed by atoms with Crippen LogP contribution >= 0.6 is 0 Å². The first-order valence-electron chi connectivity index (χ1n) is 5.73. The Hall–Kier alpha value is -1.29. The van der Waals surface area contributed by atoms with Gasteiger partial charge in [-0.1, -0.05) is 0 Å². The van der Waals surface area contributed by atoms with E-state index in [1.54, 1.807) is 22.9 Å². The summed E-state index contributed by atoms with van der Waals surface area (Å²) in [5.41, 5.74) is 0.349. The first-order valence-corrected chi connectivity index (χ1v) is 5.73. The monoisotopic (exact) mass is 223 g/mol. The van der Waals surface area contributed by atoms with Gasteiger partial charge in [0.05, 0.1) is 0 Å². The first kappa shape index (κ1) is 11.2. The van der Waals surface area contributed by atoms with Gasteiger partial charge in [-0.15, -0.1) is 0 Å². The van der Waals surface area contributed by atoms with Gasteiger partial charge in [0.15, 0.2) is 0 Å². The molecule has 88 valence electrons. The summed E-state index contributed by atoms with van der Waals surface area (Å²) in [6.45, 7) is 2.30. The minimum Gasteiger partial charge on any atom is -0.477 e. The lowest BCUT2D eigenvalue weighted by Crippen LogP contribution is -2.09. The number of aryl methyl sites for hydroxylation is 1. The molecule has 0 bridgehead atoms. The molecule has 1 aromatic rings. The summed E-state index contributed by atoms with van der Waals surface area (Å²) in [7, 11) is 0. The third-order valence-electron chi connectivity index (χ3n) is 2.79. The highest BCUT2D eigenvalue weighted by atomic mass is 16.5. The predicted molar refractivity (Wildman–Crippen MR) is 59.6 cm³/mol. The lowest BCUT2D eigenvalue weighted by Gasteiger charge is -2.06. The van der Waals surface area contributed by atoms with Crippen LogP contribution in [0.2, 0.25) is 0 Å². The zero-order valence-corrected chi connectivity index (χ0v) is 9.26. The van der Waals surface area contributed by atoms with Gasteiger partial charge in [0.25, 0.3) is 0 Å². The summed E-state index contributed by atoms with van der Waals surface area (Å²) in [6.07, 6.45) is 5.27. The van der Waals surface area contributed by atoms with E-state index >= 15 is 0 Å². The van der Waals surface area contributed by atoms with Crippen LogP contribution in [-0.2, 0) is 11.3 Å². The smallest absolute Gasteiger partial charge is 0.352 e. The first-order chi connectivity index (χ1) is 7.77. The number of hydrogen-bond donors (Lipinski definition) is 1. The van der Waals surface area contributed by atoms with Crippen molar-refractivity contribution in [1.82, 2.24) is 4.57 Å². The fourth-order valence-corrected chi connectivity index (χ4v) is 1.67. The minimum atomic E-state index is -0.871. The van der Waals surface area contributed by atoms with Crippen molar-refractivity contribution in [3.63, 3.8) is 0 Å². The van der Waals surface area contributed by atoms with Crippen molar-refractivity contribution in [2.75, 3.05) is 13.2 Å². The maximum absolute atomic E-state index is 10.8. The SMILES string of the molecule is O=C(O)c1cccn1CCCOCC1CC1. The van der Waals surface area contributed by atoms with E-state index in [9.17, 15) is 4.79 Å². The topological polar surface area (TPSA) is 51.5 Å². The van der Waals surface area contributed by atoms with E-state index in [1.807, 2.05) is 0 Å². The molecular formula is C12H17NO3. The molecule has 0 spiro atoms. The number of aromatic nitrogens is 1. The van der Waals surface area contributed by atoms with Gasteiger partial charge in [0.2, 0.25) is 0 Å². The highest BCUT2D eigenvalue weighted by molar-refractivity contribution is 5.85. The Bertz CT molecular complexity index is 355. The average Bonchev–Trinajstić information content (AvgIpc) is 2.94. The molecule has 0 saturated heterocycles. The Morgan fingerprint density at radius 3 is 3.06 bits per heavy atom. The third kappa shape index (κ3) is 3.10. The second-order valence-corrected chi connectivity index (χ2v) is 4.26. The molecule has 2 rings (SSSR count). The number of carbonyl (C=O) groups is 1. The number of aromatic carboxylic acids is 1. The fourth-order valence-electron chi connectivity index (χ4n) is 1.67. The molecule has 1 aromatic heterocycles. The van der Waals surface area contributed by atoms with Crippen LogP contribution in [0.1, 0.15) is 29.8 Å². The molecule has 1 fully saturated rings. The van der Waals surface area contributed by atoms with Crippen molar-refractivity contribution in [1.29, 1.82) is 0 Å². The second-order valence-electron chi connectivity index (χ2n) is 4.26. The van der Waals surface area contributed by atoms with Crippen molar-refractivity contribution in [2.24, 2.45) is 5.92 Å². The Morgan fingerprint density at radius 2 is 2.38 bits per heavy atom. The Balaban J connectivity index is 1.67. The lowest BCUT2D eigenvalue weighted by molar-refractivity contribution is 0.0683. The van der Waals surface area contributed by atoms with Gasteiger partial charge in [-0.25, -0.2) is 4.79 Å². The van der Waals surface area contributed by atoms with Crippen molar-refractivity contribution >= 4 is 5.97 Å². The highest BCUT2D eigenvalue weighted by Gasteiger charge is 2.20. The quantitative estimate of drug-likeness (QED) is 0.719. The summed E-state index contributed by atoms with van der Waals surface area (Å²) in [5.74, 6) is -0.0787. The zero-order valence-electron chi connectivity index (χ0n) is 9.26. The van der Waals surface area contributed by atoms with E-state index in [1.165, 1.54) is 12.8 Å². The van der Waals surface area contributed by atoms with Gasteiger partial charge < -0.3 is 14.4 Å². The summed E-state index contributed by atoms with van der Waals surface area (Å²) in [4.78, 5) is 10.8. The van der Waals surface area contributed by atoms with Crippen LogP contribution in [0.4, 0.5) is 0 Å². The predicted octanol–water partition coefficient (Wildman–Crippen LogP) is 2.00. The third-order valence-corrected chi connectivity index (χ3v) is 2.79. The minimum absolute atomic E-state index is 0.349. The van der Waals surface area contributed by atoms with E-state index < -0.39 is 5.97 Å². The highest BCUT2D eigenvalue weighted by Crippen LogP contribution is 2.28. The van der Waals surface area contributed by atoms with Gasteiger partial charge in [-0.2, -0.15) is 0 Å². The summed E-state index contributed by atoms with van der Waals surface area (Å²) >= 11 is 0. The molecule has 4 heteroatoms. The number of carboxylic acids is 1. The second kappa shape index (κ2) is 5.16. The van der Waals surface area contributed by atoms with Crippen molar-refractivity contribution in [3.05, 3.63) is 24.0 Å². The van der Waals surface area contributed by atoms with Crippen LogP contribution in [-0.4, -0.2) is 28.9 Å². The number of rotatable bonds is 7. The van der Waals surface area contributed by atoms with Gasteiger partial charge in [0.1, 0.15) is 5.69 Å². The van der Waals surface area contributed by atoms with E-state index in [0.29, 0.717) is 18.8 Å². The molecule has 1 aliphatic carbocycles. The maximum atomic E-state index is 10.8. The van der Waals surface area contributed by atoms with Crippen LogP contribution in [0.15, 0.2) is 18.3 Å². The molecule has 1 heterocycles. The molecule has 0 atom stereocenters. The van der Waals surface area contributed by atoms with E-state index in [2.05, 4.69) is 0 Å². The molecule has 0 amide bonds. The Morgan fingerprint density at radius 1 is 1.56 bits per heavy atom. The average molecular weight is 223 g/mol. The lowest BCUT2D eigenvalue weighted by atomic mass is 10.4. The molecule has 0 unspecified atom stereocenters. The number of ether oxygens (including phenoxy) is 1. The van der Waals surface area contributed by atoms with Crippen molar-refractivity contribution < 1.29 is 14.6 Å². The summed E-state index contributed by atoms with van der Waals surface area (Å²) in [6, 6.07) is 3.38. The van der Waals surface area contributed by atoms with Gasteiger partial charge >= 0.3 is 5.97 Å². The fraction of sp³-hybridized carbons (Fsp3) is 0.583. The number of hydrogen-bond acceptors (Lipinski definition) is 2. The molecule has 16 heavy (non-hydrogen) atoms. The van der Waals surface area contributed by atoms with Gasteiger partial charge in [-0.3, -0.25) is 0 Å². The molecule has 4 nitrogen and oxygen atoms in total. The zero-order chi connectivity index (χ0) is 11.4. The van der Waals surface area contributed by atoms with E-state index in [0.717, 1.165) is 18.9 Å². The van der Waals surface area contributed by atoms with Crippen molar-refractivity contribution in [3.8, 4) is 0 Å². The largest absolute Gasteiger partial charge is 0.477 e. The molecule has 1 N–H and O–H groups in total. The van der Waals surface area contributed by atoms with Crippen LogP contribution in [0.25, 0.3) is 0 Å². The maximum Gasteiger partial charge on any atom is 0.352 e. The molecule has 0 aromatic carbocycles. The van der Waals surface area contributed by atoms with Crippen LogP contribution < -0.4 is 0 Å². The standard InChI is InChI=1S/C12H17NO3/c14-12(15)11-3-1-6-13(11)7-2-8-16-9-10-4-5-10/h1,3,6,10H,2,4-5,7-9H2,(H,14,15). The van der Waals surface area contributed by atoms with Crippen LogP contribution in [0, 0.1) is 5.92 Å². The van der Waals surface area contributed by atoms with Crippen molar-refractivity contribution in [2.45, 2.75) is 25.8 Å². The number of carboxylic acid groups (broad SMARTS) is 1. The summed E-state index contributed by atoms with van der Waals surface area (Å²) in [5, 5.41) is 8.89. The van der Waals surface area contributed by atoms with Gasteiger partial charge in [-0.05, 0) is 37.3 Å². The van der Waals surface area contributed by atoms with Crippen LogP contribution in [0.3, 0.4) is 0 Å². The summed E-state index contributed by atoms with van der Waals surface area (Å²) < 4.78 is 7.25. The van der Waals surface area contributed by atoms with Gasteiger partial charge in [0, 0.05) is 26.0 Å². The van der Waals surface area contributed by atoms with E-state index in [4.69, 9.17) is 9.84 Å². The normalized spacial score (nSPS) is 15.2. The van der Waals surface area contributed by atoms with Crippen LogP contribution in [0.5, 0.6) is 0 Å². The number of nitrogens with zero attached hydrogens (tertiary/aromatic N) is 1.